The third-order valence-corrected chi connectivity index (χ3v) is 5.60. The molecule has 0 bridgehead atoms. The van der Waals surface area contributed by atoms with E-state index in [4.69, 9.17) is 4.74 Å². The van der Waals surface area contributed by atoms with Gasteiger partial charge in [0.15, 0.2) is 0 Å². The maximum absolute atomic E-state index is 13.0. The normalized spacial score (nSPS) is 16.9. The third kappa shape index (κ3) is 3.33. The number of fused-ring (bicyclic) bond motifs is 3. The molecule has 3 nitrogen and oxygen atoms in total. The van der Waals surface area contributed by atoms with Crippen LogP contribution in [-0.2, 0) is 29.2 Å². The molecule has 0 fully saturated rings. The van der Waals surface area contributed by atoms with Crippen molar-refractivity contribution in [1.29, 1.82) is 0 Å². The quantitative estimate of drug-likeness (QED) is 0.543. The highest BCUT2D eigenvalue weighted by Gasteiger charge is 2.31. The van der Waals surface area contributed by atoms with Crippen molar-refractivity contribution < 1.29 is 22.7 Å². The molecule has 1 aromatic heterocycles. The highest BCUT2D eigenvalue weighted by molar-refractivity contribution is 5.99. The van der Waals surface area contributed by atoms with Crippen LogP contribution in [0.5, 0.6) is 0 Å². The van der Waals surface area contributed by atoms with Gasteiger partial charge in [-0.15, -0.1) is 0 Å². The summed E-state index contributed by atoms with van der Waals surface area (Å²) in [6, 6.07) is 13.1. The number of hydrogen-bond donors (Lipinski definition) is 0. The van der Waals surface area contributed by atoms with Crippen molar-refractivity contribution in [2.24, 2.45) is 13.0 Å². The maximum Gasteiger partial charge on any atom is 0.416 e. The van der Waals surface area contributed by atoms with E-state index < -0.39 is 11.7 Å². The Labute approximate surface area is 166 Å². The molecule has 0 N–H and O–H groups in total. The molecule has 2 aromatic carbocycles. The molecule has 150 valence electrons. The highest BCUT2D eigenvalue weighted by Crippen LogP contribution is 2.40. The van der Waals surface area contributed by atoms with Gasteiger partial charge in [0.25, 0.3) is 0 Å². The summed E-state index contributed by atoms with van der Waals surface area (Å²) < 4.78 is 46.0. The molecule has 1 unspecified atom stereocenters. The van der Waals surface area contributed by atoms with Gasteiger partial charge in [0, 0.05) is 35.6 Å². The number of ether oxygens (including phenoxy) is 1. The Hall–Kier alpha value is -3.02. The zero-order valence-electron chi connectivity index (χ0n) is 16.1. The Kier molecular flexibility index (Phi) is 4.73. The molecule has 0 radical (unpaired) electrons. The highest BCUT2D eigenvalue weighted by atomic mass is 19.4. The first kappa shape index (κ1) is 19.3. The van der Waals surface area contributed by atoms with E-state index in [1.54, 1.807) is 0 Å². The van der Waals surface area contributed by atoms with Gasteiger partial charge < -0.3 is 9.30 Å². The van der Waals surface area contributed by atoms with Gasteiger partial charge in [0.1, 0.15) is 0 Å². The lowest BCUT2D eigenvalue weighted by Crippen LogP contribution is -2.19. The Morgan fingerprint density at radius 2 is 1.79 bits per heavy atom. The van der Waals surface area contributed by atoms with Gasteiger partial charge in [-0.1, -0.05) is 36.4 Å². The van der Waals surface area contributed by atoms with E-state index in [-0.39, 0.29) is 11.9 Å². The number of rotatable bonds is 2. The summed E-state index contributed by atoms with van der Waals surface area (Å²) in [7, 11) is 3.32. The number of hydrogen-bond acceptors (Lipinski definition) is 2. The first-order valence-corrected chi connectivity index (χ1v) is 9.33. The van der Waals surface area contributed by atoms with E-state index >= 15 is 0 Å². The van der Waals surface area contributed by atoms with Crippen LogP contribution in [0.1, 0.15) is 28.8 Å². The molecule has 0 aliphatic heterocycles. The Bertz CT molecular complexity index is 1110. The van der Waals surface area contributed by atoms with Gasteiger partial charge in [0.05, 0.1) is 18.6 Å². The smallest absolute Gasteiger partial charge is 0.416 e. The minimum atomic E-state index is -4.38. The second-order valence-electron chi connectivity index (χ2n) is 7.25. The zero-order chi connectivity index (χ0) is 20.8. The third-order valence-electron chi connectivity index (χ3n) is 5.60. The molecule has 1 aliphatic rings. The lowest BCUT2D eigenvalue weighted by molar-refractivity contribution is -0.145. The molecule has 4 rings (SSSR count). The van der Waals surface area contributed by atoms with Crippen molar-refractivity contribution >= 4 is 22.4 Å². The van der Waals surface area contributed by atoms with Gasteiger partial charge in [-0.05, 0) is 35.8 Å². The fourth-order valence-electron chi connectivity index (χ4n) is 4.11. The molecule has 1 heterocycles. The Morgan fingerprint density at radius 1 is 1.10 bits per heavy atom. The number of methoxy groups -OCH3 is 1. The average Bonchev–Trinajstić information content (AvgIpc) is 2.87. The first-order valence-electron chi connectivity index (χ1n) is 9.33. The number of carbonyl (C=O) groups is 1. The van der Waals surface area contributed by atoms with Crippen LogP contribution < -0.4 is 0 Å². The van der Waals surface area contributed by atoms with E-state index in [0.29, 0.717) is 18.4 Å². The largest absolute Gasteiger partial charge is 0.469 e. The van der Waals surface area contributed by atoms with E-state index in [1.807, 2.05) is 37.4 Å². The summed E-state index contributed by atoms with van der Waals surface area (Å²) in [4.78, 5) is 12.3. The summed E-state index contributed by atoms with van der Waals surface area (Å²) >= 11 is 0. The Morgan fingerprint density at radius 3 is 2.45 bits per heavy atom. The number of carbonyl (C=O) groups excluding carboxylic acids is 1. The lowest BCUT2D eigenvalue weighted by atomic mass is 9.94. The number of nitrogens with zero attached hydrogens (tertiary/aromatic N) is 1. The number of halogens is 3. The number of para-hydroxylation sites is 1. The monoisotopic (exact) mass is 399 g/mol. The van der Waals surface area contributed by atoms with Gasteiger partial charge in [0.2, 0.25) is 0 Å². The van der Waals surface area contributed by atoms with Crippen LogP contribution >= 0.6 is 0 Å². The number of esters is 1. The van der Waals surface area contributed by atoms with Crippen molar-refractivity contribution in [3.05, 3.63) is 77.0 Å². The van der Waals surface area contributed by atoms with Crippen molar-refractivity contribution in [3.63, 3.8) is 0 Å². The summed E-state index contributed by atoms with van der Waals surface area (Å²) in [6.07, 6.45) is -1.46. The van der Waals surface area contributed by atoms with E-state index in [1.165, 1.54) is 19.2 Å². The molecule has 0 amide bonds. The van der Waals surface area contributed by atoms with Crippen molar-refractivity contribution in [2.75, 3.05) is 7.11 Å². The first-order chi connectivity index (χ1) is 13.8. The van der Waals surface area contributed by atoms with Crippen LogP contribution in [0.3, 0.4) is 0 Å². The van der Waals surface area contributed by atoms with Crippen molar-refractivity contribution in [1.82, 2.24) is 4.57 Å². The van der Waals surface area contributed by atoms with E-state index in [0.717, 1.165) is 39.9 Å². The molecule has 1 atom stereocenters. The molecule has 0 spiro atoms. The Balaban J connectivity index is 1.91. The van der Waals surface area contributed by atoms with Crippen molar-refractivity contribution in [3.8, 4) is 0 Å². The van der Waals surface area contributed by atoms with E-state index in [9.17, 15) is 18.0 Å². The molecule has 3 aromatic rings. The summed E-state index contributed by atoms with van der Waals surface area (Å²) in [5.41, 5.74) is 3.82. The predicted molar refractivity (Wildman–Crippen MR) is 105 cm³/mol. The minimum absolute atomic E-state index is 0.286. The molecule has 29 heavy (non-hydrogen) atoms. The molecule has 0 saturated carbocycles. The predicted octanol–water partition coefficient (Wildman–Crippen LogP) is 5.36. The fraction of sp³-hybridized carbons (Fsp3) is 0.261. The van der Waals surface area contributed by atoms with Gasteiger partial charge >= 0.3 is 12.1 Å². The van der Waals surface area contributed by atoms with Gasteiger partial charge in [-0.25, -0.2) is 0 Å². The number of aromatic nitrogens is 1. The van der Waals surface area contributed by atoms with Crippen LogP contribution in [0.2, 0.25) is 0 Å². The van der Waals surface area contributed by atoms with Crippen LogP contribution in [0.15, 0.2) is 54.6 Å². The molecular weight excluding hydrogens is 379 g/mol. The van der Waals surface area contributed by atoms with Crippen molar-refractivity contribution in [2.45, 2.75) is 19.0 Å². The summed E-state index contributed by atoms with van der Waals surface area (Å²) in [5, 5.41) is 1.02. The summed E-state index contributed by atoms with van der Waals surface area (Å²) in [5.74, 6) is -0.625. The fourth-order valence-corrected chi connectivity index (χ4v) is 4.11. The van der Waals surface area contributed by atoms with Crippen LogP contribution in [0.25, 0.3) is 16.5 Å². The second kappa shape index (κ2) is 7.10. The molecule has 0 saturated heterocycles. The SMILES string of the molecule is COC(=O)C1CC=C(c2ccc(C(F)(F)F)cc2)c2c(n(C)c3ccccc23)C1. The molecule has 1 aliphatic carbocycles. The number of benzene rings is 2. The molecular formula is C23H20F3NO2. The zero-order valence-corrected chi connectivity index (χ0v) is 16.1. The van der Waals surface area contributed by atoms with Crippen LogP contribution in [0.4, 0.5) is 13.2 Å². The number of allylic oxidation sites excluding steroid dienone is 1. The minimum Gasteiger partial charge on any atom is -0.469 e. The average molecular weight is 399 g/mol. The van der Waals surface area contributed by atoms with Crippen LogP contribution in [-0.4, -0.2) is 17.6 Å². The molecule has 6 heteroatoms. The second-order valence-corrected chi connectivity index (χ2v) is 7.25. The van der Waals surface area contributed by atoms with Gasteiger partial charge in [-0.3, -0.25) is 4.79 Å². The van der Waals surface area contributed by atoms with E-state index in [2.05, 4.69) is 4.57 Å². The number of alkyl halides is 3. The lowest BCUT2D eigenvalue weighted by Gasteiger charge is -2.13. The van der Waals surface area contributed by atoms with Gasteiger partial charge in [-0.2, -0.15) is 13.2 Å². The van der Waals surface area contributed by atoms with Crippen LogP contribution in [0, 0.1) is 5.92 Å². The topological polar surface area (TPSA) is 31.2 Å². The number of aryl methyl sites for hydroxylation is 1. The standard InChI is InChI=1S/C23H20F3NO2/c1-27-19-6-4-3-5-18(19)21-17(12-9-15(13-20(21)27)22(28)29-2)14-7-10-16(11-8-14)23(24,25)26/h3-8,10-12,15H,9,13H2,1-2H3. The summed E-state index contributed by atoms with van der Waals surface area (Å²) in [6.45, 7) is 0. The maximum atomic E-state index is 13.0.